The van der Waals surface area contributed by atoms with Crippen molar-refractivity contribution in [1.82, 2.24) is 0 Å². The van der Waals surface area contributed by atoms with E-state index in [0.29, 0.717) is 12.1 Å². The highest BCUT2D eigenvalue weighted by Gasteiger charge is 2.37. The minimum Gasteiger partial charge on any atom is -0.538 e. The average Bonchev–Trinajstić information content (AvgIpc) is 2.50. The molecule has 0 N–H and O–H groups in total. The van der Waals surface area contributed by atoms with Gasteiger partial charge in [-0.05, 0) is 36.3 Å². The van der Waals surface area contributed by atoms with Gasteiger partial charge in [0.25, 0.3) is 0 Å². The van der Waals surface area contributed by atoms with Crippen molar-refractivity contribution in [3.63, 3.8) is 0 Å². The molecule has 135 valence electrons. The van der Waals surface area contributed by atoms with Crippen LogP contribution in [0.25, 0.3) is 0 Å². The van der Waals surface area contributed by atoms with Crippen molar-refractivity contribution in [3.8, 4) is 5.75 Å². The van der Waals surface area contributed by atoms with Crippen LogP contribution in [0.3, 0.4) is 0 Å². The van der Waals surface area contributed by atoms with Gasteiger partial charge in [0.1, 0.15) is 5.75 Å². The second-order valence-corrected chi connectivity index (χ2v) is 10.0. The molecule has 1 radical (unpaired) electrons. The van der Waals surface area contributed by atoms with E-state index in [4.69, 9.17) is 9.00 Å². The van der Waals surface area contributed by atoms with Crippen LogP contribution >= 0.6 is 0 Å². The van der Waals surface area contributed by atoms with Crippen LogP contribution in [0.2, 0.25) is 18.1 Å². The predicted octanol–water partition coefficient (Wildman–Crippen LogP) is 5.66. The molecular weight excluding hydrogens is 353 g/mol. The molecule has 0 aliphatic rings. The number of alkyl halides is 6. The summed E-state index contributed by atoms with van der Waals surface area (Å²) < 4.78 is 87.0. The van der Waals surface area contributed by atoms with E-state index in [1.807, 2.05) is 20.8 Å². The Balaban J connectivity index is 2.99. The Labute approximate surface area is 138 Å². The van der Waals surface area contributed by atoms with Crippen molar-refractivity contribution in [3.05, 3.63) is 29.3 Å². The second-order valence-electron chi connectivity index (χ2n) is 5.32. The van der Waals surface area contributed by atoms with E-state index in [9.17, 15) is 26.3 Å². The van der Waals surface area contributed by atoms with Crippen molar-refractivity contribution in [2.24, 2.45) is 0 Å². The Kier molecular flexibility index (Phi) is 6.80. The first-order chi connectivity index (χ1) is 11.0. The summed E-state index contributed by atoms with van der Waals surface area (Å²) in [4.78, 5) is 0. The predicted molar refractivity (Wildman–Crippen MR) is 81.1 cm³/mol. The van der Waals surface area contributed by atoms with Crippen molar-refractivity contribution < 1.29 is 35.3 Å². The molecule has 0 saturated heterocycles. The molecule has 0 bridgehead atoms. The van der Waals surface area contributed by atoms with E-state index in [0.717, 1.165) is 25.8 Å². The Morgan fingerprint density at radius 3 is 1.58 bits per heavy atom. The minimum absolute atomic E-state index is 0.0525. The fourth-order valence-corrected chi connectivity index (χ4v) is 4.43. The number of hydrogen-bond donors (Lipinski definition) is 0. The third-order valence-corrected chi connectivity index (χ3v) is 8.44. The first-order valence-electron chi connectivity index (χ1n) is 7.43. The summed E-state index contributed by atoms with van der Waals surface area (Å²) in [6.07, 6.45) is -9.82. The highest BCUT2D eigenvalue weighted by molar-refractivity contribution is 6.76. The second kappa shape index (κ2) is 7.82. The highest BCUT2D eigenvalue weighted by Crippen LogP contribution is 2.38. The van der Waals surface area contributed by atoms with Crippen LogP contribution in [0.4, 0.5) is 26.3 Å². The highest BCUT2D eigenvalue weighted by atomic mass is 28.4. The average molecular weight is 371 g/mol. The zero-order valence-corrected chi connectivity index (χ0v) is 14.5. The van der Waals surface area contributed by atoms with Gasteiger partial charge in [0.05, 0.1) is 11.1 Å². The zero-order valence-electron chi connectivity index (χ0n) is 13.5. The third-order valence-electron chi connectivity index (χ3n) is 3.98. The number of halogens is 6. The van der Waals surface area contributed by atoms with Crippen LogP contribution in [0.1, 0.15) is 31.9 Å². The van der Waals surface area contributed by atoms with E-state index in [1.54, 1.807) is 0 Å². The molecule has 0 heterocycles. The molecule has 0 aliphatic heterocycles. The maximum atomic E-state index is 12.8. The Morgan fingerprint density at radius 1 is 0.833 bits per heavy atom. The molecule has 10 heteroatoms. The largest absolute Gasteiger partial charge is 0.560 e. The van der Waals surface area contributed by atoms with Gasteiger partial charge in [-0.15, -0.1) is 0 Å². The topological polar surface area (TPSA) is 18.5 Å². The van der Waals surface area contributed by atoms with Gasteiger partial charge < -0.3 is 9.00 Å². The zero-order chi connectivity index (χ0) is 18.6. The van der Waals surface area contributed by atoms with Gasteiger partial charge in [-0.2, -0.15) is 26.3 Å². The molecule has 0 aliphatic carbocycles. The molecule has 0 saturated carbocycles. The summed E-state index contributed by atoms with van der Waals surface area (Å²) in [6, 6.07) is 3.37. The van der Waals surface area contributed by atoms with Crippen molar-refractivity contribution in [2.45, 2.75) is 51.3 Å². The molecule has 0 amide bonds. The summed E-state index contributed by atoms with van der Waals surface area (Å²) >= 11 is 0. The molecule has 1 rings (SSSR count). The van der Waals surface area contributed by atoms with Crippen LogP contribution in [-0.2, 0) is 16.7 Å². The third kappa shape index (κ3) is 5.44. The molecule has 0 spiro atoms. The summed E-state index contributed by atoms with van der Waals surface area (Å²) in [5.74, 6) is -0.566. The number of hydrogen-bond acceptors (Lipinski definition) is 2. The lowest BCUT2D eigenvalue weighted by Crippen LogP contribution is -2.38. The van der Waals surface area contributed by atoms with Crippen molar-refractivity contribution in [2.75, 3.05) is 0 Å². The Hall–Kier alpha value is -1.16. The van der Waals surface area contributed by atoms with Gasteiger partial charge in [0.15, 0.2) is 8.32 Å². The molecule has 0 aromatic heterocycles. The van der Waals surface area contributed by atoms with Crippen LogP contribution in [0.15, 0.2) is 18.2 Å². The van der Waals surface area contributed by atoms with Crippen molar-refractivity contribution >= 4 is 16.0 Å². The van der Waals surface area contributed by atoms with Gasteiger partial charge in [0, 0.05) is 0 Å². The molecule has 24 heavy (non-hydrogen) atoms. The summed E-state index contributed by atoms with van der Waals surface area (Å²) in [5.41, 5.74) is -2.85. The van der Waals surface area contributed by atoms with Crippen molar-refractivity contribution in [1.29, 1.82) is 0 Å². The maximum absolute atomic E-state index is 12.8. The number of rotatable bonds is 7. The van der Waals surface area contributed by atoms with Crippen LogP contribution in [0, 0.1) is 0 Å². The van der Waals surface area contributed by atoms with Crippen LogP contribution in [0.5, 0.6) is 5.75 Å². The molecule has 2 nitrogen and oxygen atoms in total. The fourth-order valence-electron chi connectivity index (χ4n) is 2.18. The first kappa shape index (κ1) is 20.9. The molecule has 1 aromatic carbocycles. The maximum Gasteiger partial charge on any atom is 0.560 e. The van der Waals surface area contributed by atoms with Gasteiger partial charge >= 0.3 is 20.0 Å². The van der Waals surface area contributed by atoms with E-state index in [2.05, 4.69) is 0 Å². The lowest BCUT2D eigenvalue weighted by Gasteiger charge is -2.27. The SMILES string of the molecule is CC[Si](CC)(CC)O[B]Oc1cc(C(F)(F)F)cc(C(F)(F)F)c1. The van der Waals surface area contributed by atoms with Gasteiger partial charge in [0.2, 0.25) is 0 Å². The smallest absolute Gasteiger partial charge is 0.538 e. The standard InChI is InChI=1S/C14H18BF6O2Si/c1-4-24(5-2,6-3)23-15-22-12-8-10(13(16,17)18)7-11(9-12)14(19,20)21/h7-9H,4-6H2,1-3H3. The van der Waals surface area contributed by atoms with Gasteiger partial charge in [-0.3, -0.25) is 0 Å². The minimum atomic E-state index is -4.91. The fraction of sp³-hybridized carbons (Fsp3) is 0.571. The van der Waals surface area contributed by atoms with E-state index < -0.39 is 37.5 Å². The molecule has 0 fully saturated rings. The molecule has 0 atom stereocenters. The number of benzene rings is 1. The Bertz CT molecular complexity index is 503. The lowest BCUT2D eigenvalue weighted by molar-refractivity contribution is -0.143. The molecule has 1 aromatic rings. The molecular formula is C14H18BF6O2Si. The summed E-state index contributed by atoms with van der Waals surface area (Å²) in [5, 5.41) is 0. The van der Waals surface area contributed by atoms with E-state index >= 15 is 0 Å². The quantitative estimate of drug-likeness (QED) is 0.455. The monoisotopic (exact) mass is 371 g/mol. The van der Waals surface area contributed by atoms with Crippen LogP contribution in [-0.4, -0.2) is 16.0 Å². The van der Waals surface area contributed by atoms with E-state index in [1.165, 1.54) is 0 Å². The van der Waals surface area contributed by atoms with Crippen LogP contribution < -0.4 is 4.65 Å². The van der Waals surface area contributed by atoms with Gasteiger partial charge in [-0.25, -0.2) is 0 Å². The lowest BCUT2D eigenvalue weighted by atomic mass is 10.1. The van der Waals surface area contributed by atoms with Gasteiger partial charge in [-0.1, -0.05) is 20.8 Å². The summed E-state index contributed by atoms with van der Waals surface area (Å²) in [6.45, 7) is 5.79. The first-order valence-corrected chi connectivity index (χ1v) is 9.96. The Morgan fingerprint density at radius 2 is 1.25 bits per heavy atom. The summed E-state index contributed by atoms with van der Waals surface area (Å²) in [7, 11) is -1.24. The van der Waals surface area contributed by atoms with E-state index in [-0.39, 0.29) is 6.07 Å². The molecule has 0 unspecified atom stereocenters. The normalized spacial score (nSPS) is 13.0.